The number of aliphatic carboxylic acids is 1. The molecule has 0 fully saturated rings. The Morgan fingerprint density at radius 1 is 0.667 bits per heavy atom. The van der Waals surface area contributed by atoms with Crippen LogP contribution in [0.15, 0.2) is 24.3 Å². The van der Waals surface area contributed by atoms with Gasteiger partial charge >= 0.3 is 17.9 Å². The summed E-state index contributed by atoms with van der Waals surface area (Å²) in [7, 11) is 0. The van der Waals surface area contributed by atoms with E-state index in [-0.39, 0.29) is 12.0 Å². The molecule has 0 saturated heterocycles. The van der Waals surface area contributed by atoms with Crippen LogP contribution in [0.25, 0.3) is 11.1 Å². The highest BCUT2D eigenvalue weighted by molar-refractivity contribution is 6.34. The third-order valence-electron chi connectivity index (χ3n) is 6.18. The maximum absolute atomic E-state index is 13.5. The average molecular weight is 539 g/mol. The number of carbonyl (C=O) groups excluding carboxylic acids is 2. The Hall–Kier alpha value is -5.63. The molecule has 0 saturated carbocycles. The van der Waals surface area contributed by atoms with Crippen molar-refractivity contribution in [3.63, 3.8) is 0 Å². The fourth-order valence-electron chi connectivity index (χ4n) is 4.43. The molecule has 39 heavy (non-hydrogen) atoms. The summed E-state index contributed by atoms with van der Waals surface area (Å²) in [6.07, 6.45) is -0.282. The summed E-state index contributed by atoms with van der Waals surface area (Å²) in [5.74, 6) is -13.5. The highest BCUT2D eigenvalue weighted by Gasteiger charge is 2.43. The van der Waals surface area contributed by atoms with Crippen LogP contribution < -0.4 is 5.73 Å². The molecule has 4 rings (SSSR count). The first-order valence-corrected chi connectivity index (χ1v) is 10.8. The fraction of sp³-hybridized carbons (Fsp3) is 0.0800. The molecule has 0 aromatic heterocycles. The first-order chi connectivity index (χ1) is 18.2. The number of aromatic hydroxyl groups is 5. The molecule has 0 heterocycles. The van der Waals surface area contributed by atoms with Gasteiger partial charge in [0.1, 0.15) is 28.9 Å². The first kappa shape index (κ1) is 26.4. The van der Waals surface area contributed by atoms with Crippen LogP contribution in [0.1, 0.15) is 58.1 Å². The Labute approximate surface area is 216 Å². The van der Waals surface area contributed by atoms with Crippen LogP contribution in [-0.4, -0.2) is 76.4 Å². The van der Waals surface area contributed by atoms with Crippen LogP contribution in [0.5, 0.6) is 28.7 Å². The van der Waals surface area contributed by atoms with Gasteiger partial charge in [0, 0.05) is 16.7 Å². The summed E-state index contributed by atoms with van der Waals surface area (Å²) < 4.78 is 0. The Kier molecular flexibility index (Phi) is 6.13. The standard InChI is InChI=1S/C25H17NO13/c26-9(23(34)35)4-6-1-2-10(27)7(3-6)13-20(31)17-16(22(33)21(13)32)18(29)8-5-11(28)14(24(36)37)15(25(38)39)12(8)19(17)30/h1-3,5,9,27-28,31-33H,4,26H2,(H,34,35)(H,36,37)(H,38,39)/t9-/m0/s1. The SMILES string of the molecule is N[C@@H](Cc1ccc(O)c(-c2c(O)c(O)c3c(c2O)C(=O)c2c(cc(O)c(C(=O)O)c2C(=O)O)C3=O)c1)C(=O)O. The molecule has 0 bridgehead atoms. The fourth-order valence-corrected chi connectivity index (χ4v) is 4.43. The van der Waals surface area contributed by atoms with E-state index in [9.17, 15) is 59.7 Å². The van der Waals surface area contributed by atoms with E-state index in [1.807, 2.05) is 0 Å². The van der Waals surface area contributed by atoms with Gasteiger partial charge in [0.25, 0.3) is 0 Å². The van der Waals surface area contributed by atoms with Gasteiger partial charge in [-0.2, -0.15) is 0 Å². The van der Waals surface area contributed by atoms with Crippen molar-refractivity contribution in [1.29, 1.82) is 0 Å². The zero-order valence-electron chi connectivity index (χ0n) is 19.3. The number of aromatic carboxylic acids is 2. The average Bonchev–Trinajstić information content (AvgIpc) is 2.85. The lowest BCUT2D eigenvalue weighted by atomic mass is 9.77. The molecule has 0 aliphatic heterocycles. The van der Waals surface area contributed by atoms with Crippen molar-refractivity contribution in [3.8, 4) is 39.9 Å². The minimum atomic E-state index is -2.01. The van der Waals surface area contributed by atoms with Gasteiger partial charge in [-0.3, -0.25) is 14.4 Å². The van der Waals surface area contributed by atoms with Crippen molar-refractivity contribution in [3.05, 3.63) is 63.2 Å². The summed E-state index contributed by atoms with van der Waals surface area (Å²) >= 11 is 0. The number of fused-ring (bicyclic) bond motifs is 2. The van der Waals surface area contributed by atoms with Crippen molar-refractivity contribution in [2.24, 2.45) is 5.73 Å². The molecule has 0 radical (unpaired) electrons. The van der Waals surface area contributed by atoms with E-state index in [2.05, 4.69) is 0 Å². The topological polar surface area (TPSA) is 273 Å². The van der Waals surface area contributed by atoms with Gasteiger partial charge in [0.15, 0.2) is 23.1 Å². The number of benzene rings is 3. The number of carbonyl (C=O) groups is 5. The summed E-state index contributed by atoms with van der Waals surface area (Å²) in [6, 6.07) is 2.53. The molecule has 14 nitrogen and oxygen atoms in total. The Balaban J connectivity index is 2.05. The Morgan fingerprint density at radius 2 is 1.23 bits per heavy atom. The molecule has 10 N–H and O–H groups in total. The van der Waals surface area contributed by atoms with Gasteiger partial charge in [0.2, 0.25) is 0 Å². The molecule has 0 unspecified atom stereocenters. The molecule has 14 heteroatoms. The van der Waals surface area contributed by atoms with Gasteiger partial charge in [-0.15, -0.1) is 0 Å². The Morgan fingerprint density at radius 3 is 1.79 bits per heavy atom. The number of phenols is 5. The van der Waals surface area contributed by atoms with E-state index in [0.717, 1.165) is 12.1 Å². The molecule has 1 aliphatic carbocycles. The third kappa shape index (κ3) is 3.91. The van der Waals surface area contributed by atoms with Crippen molar-refractivity contribution >= 4 is 29.5 Å². The Bertz CT molecular complexity index is 1670. The van der Waals surface area contributed by atoms with Crippen molar-refractivity contribution in [2.75, 3.05) is 0 Å². The largest absolute Gasteiger partial charge is 0.507 e. The predicted molar refractivity (Wildman–Crippen MR) is 127 cm³/mol. The third-order valence-corrected chi connectivity index (χ3v) is 6.18. The molecule has 3 aromatic rings. The number of hydrogen-bond acceptors (Lipinski definition) is 11. The number of ketones is 2. The van der Waals surface area contributed by atoms with E-state index in [1.54, 1.807) is 0 Å². The number of carboxylic acids is 3. The lowest BCUT2D eigenvalue weighted by molar-refractivity contribution is -0.138. The van der Waals surface area contributed by atoms with Gasteiger partial charge in [-0.25, -0.2) is 9.59 Å². The van der Waals surface area contributed by atoms with Crippen LogP contribution in [0.4, 0.5) is 0 Å². The van der Waals surface area contributed by atoms with E-state index in [0.29, 0.717) is 6.07 Å². The van der Waals surface area contributed by atoms with Crippen LogP contribution in [-0.2, 0) is 11.2 Å². The summed E-state index contributed by atoms with van der Waals surface area (Å²) in [5.41, 5.74) is -1.82. The zero-order chi connectivity index (χ0) is 29.1. The van der Waals surface area contributed by atoms with Crippen LogP contribution in [0.2, 0.25) is 0 Å². The summed E-state index contributed by atoms with van der Waals surface area (Å²) in [6.45, 7) is 0. The number of nitrogens with two attached hydrogens (primary N) is 1. The van der Waals surface area contributed by atoms with E-state index >= 15 is 0 Å². The number of phenolic OH excluding ortho intramolecular Hbond substituents is 4. The summed E-state index contributed by atoms with van der Waals surface area (Å²) in [5, 5.41) is 81.1. The van der Waals surface area contributed by atoms with Crippen LogP contribution >= 0.6 is 0 Å². The van der Waals surface area contributed by atoms with Crippen molar-refractivity contribution in [2.45, 2.75) is 12.5 Å². The highest BCUT2D eigenvalue weighted by Crippen LogP contribution is 2.53. The molecule has 3 aromatic carbocycles. The second-order valence-corrected chi connectivity index (χ2v) is 8.51. The highest BCUT2D eigenvalue weighted by atomic mass is 16.4. The number of rotatable bonds is 6. The zero-order valence-corrected chi connectivity index (χ0v) is 19.3. The van der Waals surface area contributed by atoms with E-state index in [1.165, 1.54) is 6.07 Å². The van der Waals surface area contributed by atoms with Crippen molar-refractivity contribution in [1.82, 2.24) is 0 Å². The monoisotopic (exact) mass is 539 g/mol. The second kappa shape index (κ2) is 9.04. The van der Waals surface area contributed by atoms with Gasteiger partial charge < -0.3 is 46.6 Å². The molecular weight excluding hydrogens is 522 g/mol. The molecule has 1 aliphatic rings. The van der Waals surface area contributed by atoms with Crippen LogP contribution in [0.3, 0.4) is 0 Å². The minimum Gasteiger partial charge on any atom is -0.507 e. The molecule has 0 spiro atoms. The van der Waals surface area contributed by atoms with Gasteiger partial charge in [-0.05, 0) is 30.2 Å². The maximum Gasteiger partial charge on any atom is 0.340 e. The van der Waals surface area contributed by atoms with Gasteiger partial charge in [-0.1, -0.05) is 6.07 Å². The molecule has 200 valence electrons. The normalized spacial score (nSPS) is 12.9. The van der Waals surface area contributed by atoms with E-state index < -0.39 is 109 Å². The molecular formula is C25H17NO13. The van der Waals surface area contributed by atoms with Crippen LogP contribution in [0, 0.1) is 0 Å². The molecule has 0 amide bonds. The summed E-state index contributed by atoms with van der Waals surface area (Å²) in [4.78, 5) is 61.5. The second-order valence-electron chi connectivity index (χ2n) is 8.51. The maximum atomic E-state index is 13.5. The van der Waals surface area contributed by atoms with Crippen molar-refractivity contribution < 1.29 is 64.8 Å². The first-order valence-electron chi connectivity index (χ1n) is 10.8. The van der Waals surface area contributed by atoms with Gasteiger partial charge in [0.05, 0.1) is 22.3 Å². The lowest BCUT2D eigenvalue weighted by Gasteiger charge is -2.24. The van der Waals surface area contributed by atoms with E-state index in [4.69, 9.17) is 10.8 Å². The lowest BCUT2D eigenvalue weighted by Crippen LogP contribution is -2.32. The number of hydrogen-bond donors (Lipinski definition) is 9. The minimum absolute atomic E-state index is 0.177. The number of carboxylic acid groups (broad SMARTS) is 3. The predicted octanol–water partition coefficient (Wildman–Crippen LogP) is 1.01. The molecule has 1 atom stereocenters. The smallest absolute Gasteiger partial charge is 0.340 e. The quantitative estimate of drug-likeness (QED) is 0.122.